The first kappa shape index (κ1) is 12.6. The van der Waals surface area contributed by atoms with Crippen LogP contribution >= 0.6 is 15.9 Å². The van der Waals surface area contributed by atoms with Gasteiger partial charge >= 0.3 is 0 Å². The molecule has 1 aromatic rings. The zero-order valence-corrected chi connectivity index (χ0v) is 10.3. The summed E-state index contributed by atoms with van der Waals surface area (Å²) in [6.45, 7) is 0.558. The SMILES string of the molecule is COCC(N)CCc1ccc(F)c(Br)c1. The molecule has 0 aliphatic heterocycles. The van der Waals surface area contributed by atoms with Crippen molar-refractivity contribution in [3.63, 3.8) is 0 Å². The highest BCUT2D eigenvalue weighted by molar-refractivity contribution is 9.10. The lowest BCUT2D eigenvalue weighted by Gasteiger charge is -2.10. The number of nitrogens with two attached hydrogens (primary N) is 1. The molecule has 1 atom stereocenters. The first-order valence-electron chi connectivity index (χ1n) is 4.82. The van der Waals surface area contributed by atoms with E-state index in [1.807, 2.05) is 0 Å². The normalized spacial score (nSPS) is 12.8. The minimum absolute atomic E-state index is 0.0406. The lowest BCUT2D eigenvalue weighted by molar-refractivity contribution is 0.177. The Morgan fingerprint density at radius 2 is 2.27 bits per heavy atom. The van der Waals surface area contributed by atoms with Gasteiger partial charge in [0.1, 0.15) is 5.82 Å². The van der Waals surface area contributed by atoms with Gasteiger partial charge in [-0.2, -0.15) is 0 Å². The van der Waals surface area contributed by atoms with Gasteiger partial charge in [0.2, 0.25) is 0 Å². The number of aryl methyl sites for hydroxylation is 1. The van der Waals surface area contributed by atoms with Crippen LogP contribution in [-0.2, 0) is 11.2 Å². The van der Waals surface area contributed by atoms with Crippen LogP contribution in [0.1, 0.15) is 12.0 Å². The van der Waals surface area contributed by atoms with Crippen molar-refractivity contribution in [3.05, 3.63) is 34.1 Å². The summed E-state index contributed by atoms with van der Waals surface area (Å²) in [6, 6.07) is 5.06. The second-order valence-electron chi connectivity index (χ2n) is 3.50. The minimum Gasteiger partial charge on any atom is -0.383 e. The third-order valence-corrected chi connectivity index (χ3v) is 2.78. The zero-order valence-electron chi connectivity index (χ0n) is 8.67. The summed E-state index contributed by atoms with van der Waals surface area (Å²) in [6.07, 6.45) is 1.68. The molecular weight excluding hydrogens is 261 g/mol. The van der Waals surface area contributed by atoms with Gasteiger partial charge < -0.3 is 10.5 Å². The highest BCUT2D eigenvalue weighted by Crippen LogP contribution is 2.17. The molecular formula is C11H15BrFNO. The molecule has 0 aliphatic rings. The van der Waals surface area contributed by atoms with Gasteiger partial charge in [0.15, 0.2) is 0 Å². The van der Waals surface area contributed by atoms with Crippen molar-refractivity contribution in [1.29, 1.82) is 0 Å². The number of benzene rings is 1. The maximum atomic E-state index is 12.9. The van der Waals surface area contributed by atoms with Crippen molar-refractivity contribution in [1.82, 2.24) is 0 Å². The number of methoxy groups -OCH3 is 1. The Balaban J connectivity index is 2.47. The van der Waals surface area contributed by atoms with E-state index in [-0.39, 0.29) is 11.9 Å². The molecule has 0 amide bonds. The van der Waals surface area contributed by atoms with E-state index in [1.54, 1.807) is 19.2 Å². The monoisotopic (exact) mass is 275 g/mol. The molecule has 0 aromatic heterocycles. The Morgan fingerprint density at radius 1 is 1.53 bits per heavy atom. The molecule has 1 unspecified atom stereocenters. The topological polar surface area (TPSA) is 35.2 Å². The maximum Gasteiger partial charge on any atom is 0.137 e. The van der Waals surface area contributed by atoms with Crippen LogP contribution in [0, 0.1) is 5.82 Å². The number of rotatable bonds is 5. The first-order chi connectivity index (χ1) is 7.13. The summed E-state index contributed by atoms with van der Waals surface area (Å²) < 4.78 is 18.4. The molecule has 0 fully saturated rings. The largest absolute Gasteiger partial charge is 0.383 e. The van der Waals surface area contributed by atoms with Gasteiger partial charge in [0.05, 0.1) is 11.1 Å². The van der Waals surface area contributed by atoms with Crippen molar-refractivity contribution in [2.24, 2.45) is 5.73 Å². The standard InChI is InChI=1S/C11H15BrFNO/c1-15-7-9(14)4-2-8-3-5-11(13)10(12)6-8/h3,5-6,9H,2,4,7,14H2,1H3. The molecule has 15 heavy (non-hydrogen) atoms. The maximum absolute atomic E-state index is 12.9. The van der Waals surface area contributed by atoms with Crippen molar-refractivity contribution in [3.8, 4) is 0 Å². The molecule has 0 saturated carbocycles. The van der Waals surface area contributed by atoms with E-state index in [1.165, 1.54) is 6.07 Å². The van der Waals surface area contributed by atoms with Crippen molar-refractivity contribution in [2.45, 2.75) is 18.9 Å². The van der Waals surface area contributed by atoms with Gasteiger partial charge in [-0.15, -0.1) is 0 Å². The van der Waals surface area contributed by atoms with Gasteiger partial charge in [0, 0.05) is 13.2 Å². The second-order valence-corrected chi connectivity index (χ2v) is 4.36. The summed E-state index contributed by atoms with van der Waals surface area (Å²) in [5.74, 6) is -0.236. The molecule has 0 bridgehead atoms. The molecule has 4 heteroatoms. The van der Waals surface area contributed by atoms with Crippen molar-refractivity contribution >= 4 is 15.9 Å². The van der Waals surface area contributed by atoms with Gasteiger partial charge in [-0.05, 0) is 46.5 Å². The number of hydrogen-bond acceptors (Lipinski definition) is 2. The average molecular weight is 276 g/mol. The van der Waals surface area contributed by atoms with Crippen LogP contribution in [0.5, 0.6) is 0 Å². The van der Waals surface area contributed by atoms with Crippen molar-refractivity contribution < 1.29 is 9.13 Å². The van der Waals surface area contributed by atoms with Gasteiger partial charge in [-0.25, -0.2) is 4.39 Å². The Kier molecular flexibility index (Phi) is 5.22. The predicted octanol–water partition coefficient (Wildman–Crippen LogP) is 2.49. The number of hydrogen-bond donors (Lipinski definition) is 1. The van der Waals surface area contributed by atoms with Crippen LogP contribution in [0.4, 0.5) is 4.39 Å². The lowest BCUT2D eigenvalue weighted by atomic mass is 10.1. The summed E-state index contributed by atoms with van der Waals surface area (Å²) in [7, 11) is 1.63. The summed E-state index contributed by atoms with van der Waals surface area (Å²) >= 11 is 3.15. The number of halogens is 2. The van der Waals surface area contributed by atoms with E-state index in [4.69, 9.17) is 10.5 Å². The van der Waals surface area contributed by atoms with Crippen LogP contribution < -0.4 is 5.73 Å². The van der Waals surface area contributed by atoms with Crippen LogP contribution in [-0.4, -0.2) is 19.8 Å². The first-order valence-corrected chi connectivity index (χ1v) is 5.61. The zero-order chi connectivity index (χ0) is 11.3. The number of ether oxygens (including phenoxy) is 1. The highest BCUT2D eigenvalue weighted by Gasteiger charge is 2.04. The van der Waals surface area contributed by atoms with Crippen LogP contribution in [0.3, 0.4) is 0 Å². The molecule has 1 rings (SSSR count). The third-order valence-electron chi connectivity index (χ3n) is 2.17. The predicted molar refractivity (Wildman–Crippen MR) is 62.3 cm³/mol. The molecule has 2 N–H and O–H groups in total. The fraction of sp³-hybridized carbons (Fsp3) is 0.455. The quantitative estimate of drug-likeness (QED) is 0.896. The van der Waals surface area contributed by atoms with E-state index >= 15 is 0 Å². The third kappa shape index (κ3) is 4.28. The molecule has 0 radical (unpaired) electrons. The second kappa shape index (κ2) is 6.20. The molecule has 0 spiro atoms. The Bertz CT molecular complexity index is 319. The van der Waals surface area contributed by atoms with Crippen LogP contribution in [0.25, 0.3) is 0 Å². The summed E-state index contributed by atoms with van der Waals surface area (Å²) in [5, 5.41) is 0. The molecule has 2 nitrogen and oxygen atoms in total. The molecule has 84 valence electrons. The fourth-order valence-electron chi connectivity index (χ4n) is 1.34. The molecule has 0 saturated heterocycles. The van der Waals surface area contributed by atoms with Crippen molar-refractivity contribution in [2.75, 3.05) is 13.7 Å². The Morgan fingerprint density at radius 3 is 2.87 bits per heavy atom. The van der Waals surface area contributed by atoms with E-state index < -0.39 is 0 Å². The molecule has 1 aromatic carbocycles. The molecule has 0 aliphatic carbocycles. The van der Waals surface area contributed by atoms with E-state index in [9.17, 15) is 4.39 Å². The smallest absolute Gasteiger partial charge is 0.137 e. The van der Waals surface area contributed by atoms with E-state index in [0.717, 1.165) is 18.4 Å². The van der Waals surface area contributed by atoms with Gasteiger partial charge in [-0.3, -0.25) is 0 Å². The fourth-order valence-corrected chi connectivity index (χ4v) is 1.77. The van der Waals surface area contributed by atoms with Gasteiger partial charge in [0.25, 0.3) is 0 Å². The van der Waals surface area contributed by atoms with E-state index in [2.05, 4.69) is 15.9 Å². The van der Waals surface area contributed by atoms with Gasteiger partial charge in [-0.1, -0.05) is 6.07 Å². The summed E-state index contributed by atoms with van der Waals surface area (Å²) in [5.41, 5.74) is 6.87. The van der Waals surface area contributed by atoms with E-state index in [0.29, 0.717) is 11.1 Å². The van der Waals surface area contributed by atoms with Crippen LogP contribution in [0.15, 0.2) is 22.7 Å². The molecule has 0 heterocycles. The average Bonchev–Trinajstić information content (AvgIpc) is 2.20. The minimum atomic E-state index is -0.236. The Hall–Kier alpha value is -0.450. The van der Waals surface area contributed by atoms with Crippen LogP contribution in [0.2, 0.25) is 0 Å². The highest BCUT2D eigenvalue weighted by atomic mass is 79.9. The lowest BCUT2D eigenvalue weighted by Crippen LogP contribution is -2.26. The summed E-state index contributed by atoms with van der Waals surface area (Å²) in [4.78, 5) is 0. The Labute approximate surface area is 97.7 Å².